The van der Waals surface area contributed by atoms with Crippen molar-refractivity contribution in [1.82, 2.24) is 5.48 Å². The fraction of sp³-hybridized carbons (Fsp3) is 0.250. The van der Waals surface area contributed by atoms with Crippen molar-refractivity contribution in [2.24, 2.45) is 5.92 Å². The number of fused-ring (bicyclic) bond motifs is 1. The van der Waals surface area contributed by atoms with Gasteiger partial charge in [0, 0.05) is 11.1 Å². The van der Waals surface area contributed by atoms with E-state index in [4.69, 9.17) is 14.3 Å². The SMILES string of the molecule is O=C(NOC(=O)C1CCSC1)c1ccc2ccccc2c1OCCOc1ccc(F)cc1. The summed E-state index contributed by atoms with van der Waals surface area (Å²) in [6.07, 6.45) is 0.748. The van der Waals surface area contributed by atoms with Crippen molar-refractivity contribution < 1.29 is 28.3 Å². The number of carbonyl (C=O) groups is 2. The summed E-state index contributed by atoms with van der Waals surface area (Å²) in [5.41, 5.74) is 2.51. The molecule has 0 aliphatic carbocycles. The van der Waals surface area contributed by atoms with Gasteiger partial charge in [-0.25, -0.2) is 9.18 Å². The second-order valence-electron chi connectivity index (χ2n) is 7.23. The molecule has 1 heterocycles. The predicted octanol–water partition coefficient (Wildman–Crippen LogP) is 4.38. The summed E-state index contributed by atoms with van der Waals surface area (Å²) >= 11 is 1.69. The van der Waals surface area contributed by atoms with Crippen molar-refractivity contribution >= 4 is 34.4 Å². The second-order valence-corrected chi connectivity index (χ2v) is 8.38. The lowest BCUT2D eigenvalue weighted by Gasteiger charge is -2.15. The zero-order chi connectivity index (χ0) is 22.3. The minimum Gasteiger partial charge on any atom is -0.490 e. The lowest BCUT2D eigenvalue weighted by Crippen LogP contribution is -2.31. The number of carbonyl (C=O) groups excluding carboxylic acids is 2. The first-order valence-corrected chi connectivity index (χ1v) is 11.4. The number of halogens is 1. The van der Waals surface area contributed by atoms with E-state index in [2.05, 4.69) is 5.48 Å². The molecular weight excluding hydrogens is 433 g/mol. The van der Waals surface area contributed by atoms with Crippen LogP contribution in [0.5, 0.6) is 11.5 Å². The van der Waals surface area contributed by atoms with Crippen LogP contribution >= 0.6 is 11.8 Å². The van der Waals surface area contributed by atoms with Gasteiger partial charge in [0.2, 0.25) is 0 Å². The number of ether oxygens (including phenoxy) is 2. The zero-order valence-electron chi connectivity index (χ0n) is 17.2. The molecule has 3 aromatic rings. The number of hydrogen-bond acceptors (Lipinski definition) is 6. The normalized spacial score (nSPS) is 15.3. The summed E-state index contributed by atoms with van der Waals surface area (Å²) in [5, 5.41) is 1.65. The largest absolute Gasteiger partial charge is 0.490 e. The Hall–Kier alpha value is -3.26. The molecule has 1 saturated heterocycles. The number of nitrogens with one attached hydrogen (secondary N) is 1. The molecule has 3 aromatic carbocycles. The van der Waals surface area contributed by atoms with E-state index < -0.39 is 11.9 Å². The molecule has 166 valence electrons. The molecule has 1 unspecified atom stereocenters. The molecule has 8 heteroatoms. The van der Waals surface area contributed by atoms with Crippen molar-refractivity contribution in [1.29, 1.82) is 0 Å². The Morgan fingerprint density at radius 3 is 2.56 bits per heavy atom. The molecule has 1 aliphatic heterocycles. The fourth-order valence-electron chi connectivity index (χ4n) is 3.37. The fourth-order valence-corrected chi connectivity index (χ4v) is 4.57. The first kappa shape index (κ1) is 22.0. The van der Waals surface area contributed by atoms with Gasteiger partial charge in [-0.1, -0.05) is 30.3 Å². The van der Waals surface area contributed by atoms with E-state index in [-0.39, 0.29) is 30.5 Å². The molecule has 1 amide bonds. The van der Waals surface area contributed by atoms with Crippen molar-refractivity contribution in [2.75, 3.05) is 24.7 Å². The third-order valence-electron chi connectivity index (χ3n) is 5.04. The highest BCUT2D eigenvalue weighted by Crippen LogP contribution is 2.30. The van der Waals surface area contributed by atoms with Crippen LogP contribution in [0.1, 0.15) is 16.8 Å². The van der Waals surface area contributed by atoms with Gasteiger partial charge in [-0.3, -0.25) is 4.79 Å². The molecule has 1 atom stereocenters. The van der Waals surface area contributed by atoms with E-state index in [9.17, 15) is 14.0 Å². The molecular formula is C24H22FNO5S. The standard InChI is InChI=1S/C24H22FNO5S/c25-18-6-8-19(9-7-18)29-12-13-30-22-20-4-2-1-3-16(20)5-10-21(22)23(27)26-31-24(28)17-11-14-32-15-17/h1-10,17H,11-15H2,(H,26,27). The summed E-state index contributed by atoms with van der Waals surface area (Å²) in [6.45, 7) is 0.356. The molecule has 0 spiro atoms. The van der Waals surface area contributed by atoms with Gasteiger partial charge in [0.15, 0.2) is 0 Å². The van der Waals surface area contributed by atoms with Gasteiger partial charge in [0.25, 0.3) is 5.91 Å². The molecule has 4 rings (SSSR count). The molecule has 1 N–H and O–H groups in total. The molecule has 6 nitrogen and oxygen atoms in total. The van der Waals surface area contributed by atoms with Crippen LogP contribution in [-0.2, 0) is 9.63 Å². The van der Waals surface area contributed by atoms with Crippen molar-refractivity contribution in [3.63, 3.8) is 0 Å². The third kappa shape index (κ3) is 5.31. The average molecular weight is 456 g/mol. The lowest BCUT2D eigenvalue weighted by atomic mass is 10.0. The maximum absolute atomic E-state index is 13.0. The molecule has 32 heavy (non-hydrogen) atoms. The van der Waals surface area contributed by atoms with E-state index >= 15 is 0 Å². The average Bonchev–Trinajstić information content (AvgIpc) is 3.36. The van der Waals surface area contributed by atoms with Crippen LogP contribution < -0.4 is 15.0 Å². The number of thioether (sulfide) groups is 1. The third-order valence-corrected chi connectivity index (χ3v) is 6.21. The summed E-state index contributed by atoms with van der Waals surface area (Å²) in [5.74, 6) is 0.967. The maximum atomic E-state index is 13.0. The van der Waals surface area contributed by atoms with Crippen LogP contribution in [0.2, 0.25) is 0 Å². The topological polar surface area (TPSA) is 73.9 Å². The molecule has 1 aliphatic rings. The molecule has 0 aromatic heterocycles. The Kier molecular flexibility index (Phi) is 7.11. The second kappa shape index (κ2) is 10.4. The smallest absolute Gasteiger partial charge is 0.336 e. The van der Waals surface area contributed by atoms with Crippen LogP contribution in [0.25, 0.3) is 10.8 Å². The Labute approximate surface area is 189 Å². The number of hydroxylamine groups is 1. The highest BCUT2D eigenvalue weighted by molar-refractivity contribution is 7.99. The number of hydrogen-bond donors (Lipinski definition) is 1. The van der Waals surface area contributed by atoms with E-state index in [0.29, 0.717) is 17.3 Å². The molecule has 0 bridgehead atoms. The number of benzene rings is 3. The van der Waals surface area contributed by atoms with Crippen LogP contribution in [0.3, 0.4) is 0 Å². The van der Waals surface area contributed by atoms with Crippen LogP contribution in [-0.4, -0.2) is 36.6 Å². The highest BCUT2D eigenvalue weighted by Gasteiger charge is 2.26. The van der Waals surface area contributed by atoms with Crippen LogP contribution in [0, 0.1) is 11.7 Å². The van der Waals surface area contributed by atoms with Gasteiger partial charge in [-0.2, -0.15) is 17.2 Å². The minimum absolute atomic E-state index is 0.157. The summed E-state index contributed by atoms with van der Waals surface area (Å²) < 4.78 is 24.5. The van der Waals surface area contributed by atoms with Crippen molar-refractivity contribution in [3.8, 4) is 11.5 Å². The van der Waals surface area contributed by atoms with E-state index in [1.807, 2.05) is 30.3 Å². The van der Waals surface area contributed by atoms with Gasteiger partial charge < -0.3 is 14.3 Å². The molecule has 0 radical (unpaired) electrons. The maximum Gasteiger partial charge on any atom is 0.336 e. The van der Waals surface area contributed by atoms with E-state index in [0.717, 1.165) is 22.9 Å². The van der Waals surface area contributed by atoms with Crippen LogP contribution in [0.4, 0.5) is 4.39 Å². The van der Waals surface area contributed by atoms with Gasteiger partial charge in [-0.05, 0) is 47.9 Å². The first-order valence-electron chi connectivity index (χ1n) is 10.2. The zero-order valence-corrected chi connectivity index (χ0v) is 18.0. The molecule has 1 fully saturated rings. The van der Waals surface area contributed by atoms with Crippen molar-refractivity contribution in [2.45, 2.75) is 6.42 Å². The Balaban J connectivity index is 1.44. The van der Waals surface area contributed by atoms with E-state index in [1.54, 1.807) is 17.8 Å². The van der Waals surface area contributed by atoms with Crippen LogP contribution in [0.15, 0.2) is 60.7 Å². The summed E-state index contributed by atoms with van der Waals surface area (Å²) in [4.78, 5) is 29.9. The quantitative estimate of drug-likeness (QED) is 0.421. The van der Waals surface area contributed by atoms with E-state index in [1.165, 1.54) is 24.3 Å². The van der Waals surface area contributed by atoms with Gasteiger partial charge in [0.1, 0.15) is 30.5 Å². The van der Waals surface area contributed by atoms with Gasteiger partial charge in [-0.15, -0.1) is 0 Å². The number of amides is 1. The highest BCUT2D eigenvalue weighted by atomic mass is 32.2. The monoisotopic (exact) mass is 455 g/mol. The Morgan fingerprint density at radius 1 is 1.00 bits per heavy atom. The van der Waals surface area contributed by atoms with Crippen molar-refractivity contribution in [3.05, 3.63) is 72.0 Å². The first-order chi connectivity index (χ1) is 15.6. The van der Waals surface area contributed by atoms with Gasteiger partial charge >= 0.3 is 5.97 Å². The lowest BCUT2D eigenvalue weighted by molar-refractivity contribution is -0.153. The van der Waals surface area contributed by atoms with Gasteiger partial charge in [0.05, 0.1) is 11.5 Å². The Bertz CT molecular complexity index is 1100. The molecule has 0 saturated carbocycles. The minimum atomic E-state index is -0.566. The number of rotatable bonds is 7. The predicted molar refractivity (Wildman–Crippen MR) is 120 cm³/mol. The summed E-state index contributed by atoms with van der Waals surface area (Å²) in [6, 6.07) is 16.6. The summed E-state index contributed by atoms with van der Waals surface area (Å²) in [7, 11) is 0. The Morgan fingerprint density at radius 2 is 1.78 bits per heavy atom.